The molecule has 0 saturated heterocycles. The van der Waals surface area contributed by atoms with E-state index >= 15 is 0 Å². The molecule has 0 fully saturated rings. The van der Waals surface area contributed by atoms with E-state index < -0.39 is 65.3 Å². The molecule has 0 radical (unpaired) electrons. The summed E-state index contributed by atoms with van der Waals surface area (Å²) in [4.78, 5) is 89.8. The summed E-state index contributed by atoms with van der Waals surface area (Å²) >= 11 is 1.12. The molecule has 66 heavy (non-hydrogen) atoms. The predicted molar refractivity (Wildman–Crippen MR) is 256 cm³/mol. The molecule has 0 aliphatic heterocycles. The highest BCUT2D eigenvalue weighted by atomic mass is 32.1. The van der Waals surface area contributed by atoms with Crippen LogP contribution in [0.3, 0.4) is 0 Å². The van der Waals surface area contributed by atoms with Gasteiger partial charge in [0.15, 0.2) is 6.10 Å². The molecule has 2 aromatic carbocycles. The van der Waals surface area contributed by atoms with Gasteiger partial charge in [0, 0.05) is 30.9 Å². The second-order valence-corrected chi connectivity index (χ2v) is 20.1. The van der Waals surface area contributed by atoms with E-state index in [0.29, 0.717) is 17.8 Å². The van der Waals surface area contributed by atoms with E-state index in [0.717, 1.165) is 22.5 Å². The number of rotatable bonds is 23. The Morgan fingerprint density at radius 3 is 1.91 bits per heavy atom. The minimum atomic E-state index is -1.13. The molecule has 364 valence electrons. The van der Waals surface area contributed by atoms with Crippen molar-refractivity contribution in [1.82, 2.24) is 30.7 Å². The number of ether oxygens (including phenoxy) is 3. The highest BCUT2D eigenvalue weighted by Gasteiger charge is 2.39. The highest BCUT2D eigenvalue weighted by Crippen LogP contribution is 2.32. The maximum atomic E-state index is 14.5. The fraction of sp³-hybridized carbons (Fsp3) is 0.580. The molecular weight excluding hydrogens is 861 g/mol. The van der Waals surface area contributed by atoms with Crippen molar-refractivity contribution in [3.63, 3.8) is 0 Å². The first kappa shape index (κ1) is 55.0. The number of carbonyl (C=O) groups is 6. The Morgan fingerprint density at radius 2 is 1.36 bits per heavy atom. The highest BCUT2D eigenvalue weighted by molar-refractivity contribution is 7.09. The first-order chi connectivity index (χ1) is 30.8. The Kier molecular flexibility index (Phi) is 20.8. The molecule has 3 N–H and O–H groups in total. The van der Waals surface area contributed by atoms with Crippen molar-refractivity contribution in [3.8, 4) is 0 Å². The van der Waals surface area contributed by atoms with E-state index in [2.05, 4.69) is 16.0 Å². The van der Waals surface area contributed by atoms with Crippen molar-refractivity contribution in [3.05, 3.63) is 87.9 Å². The molecule has 3 aromatic rings. The molecule has 0 unspecified atom stereocenters. The van der Waals surface area contributed by atoms with Crippen molar-refractivity contribution >= 4 is 47.1 Å². The monoisotopic (exact) mass is 935 g/mol. The molecule has 0 aliphatic rings. The lowest BCUT2D eigenvalue weighted by Gasteiger charge is -2.38. The summed E-state index contributed by atoms with van der Waals surface area (Å²) in [6.45, 7) is 19.8. The number of hydrogen-bond acceptors (Lipinski definition) is 12. The number of aromatic nitrogens is 1. The Labute approximate surface area is 396 Å². The number of amides is 4. The number of thiazole rings is 1. The van der Waals surface area contributed by atoms with Gasteiger partial charge in [-0.1, -0.05) is 102 Å². The van der Waals surface area contributed by atoms with E-state index in [9.17, 15) is 28.8 Å². The number of nitrogens with zero attached hydrogens (tertiary/aromatic N) is 3. The molecule has 0 saturated carbocycles. The first-order valence-corrected chi connectivity index (χ1v) is 23.7. The van der Waals surface area contributed by atoms with Gasteiger partial charge in [-0.2, -0.15) is 0 Å². The Balaban J connectivity index is 1.95. The summed E-state index contributed by atoms with van der Waals surface area (Å²) in [6, 6.07) is 16.0. The Morgan fingerprint density at radius 1 is 0.773 bits per heavy atom. The minimum Gasteiger partial charge on any atom is -0.461 e. The number of carbonyl (C=O) groups excluding carboxylic acids is 6. The third-order valence-corrected chi connectivity index (χ3v) is 12.7. The lowest BCUT2D eigenvalue weighted by atomic mass is 9.92. The third kappa shape index (κ3) is 16.8. The van der Waals surface area contributed by atoms with Crippen LogP contribution in [0, 0.1) is 17.8 Å². The molecule has 1 heterocycles. The SMILES string of the molecule is CC[C@H](C)[C@H](NC(=O)C(C)(C)N(C)C)C(=O)N(C)[C@H](C[C@@H](OC(=O)[C@H](C)NC(=O)OC(C)(C)C)c1nc(C(=O)N[C@@H](Cc2ccccc2)C[C@H](C)C(=O)OCc2ccccc2)cs1)C(C)C. The zero-order chi connectivity index (χ0) is 49.5. The van der Waals surface area contributed by atoms with E-state index in [1.165, 1.54) is 6.92 Å². The quantitative estimate of drug-likeness (QED) is 0.0632. The second kappa shape index (κ2) is 25.0. The maximum absolute atomic E-state index is 14.5. The summed E-state index contributed by atoms with van der Waals surface area (Å²) in [6.07, 6.45) is -0.461. The Bertz CT molecular complexity index is 2050. The molecule has 0 aliphatic carbocycles. The van der Waals surface area contributed by atoms with Crippen molar-refractivity contribution in [1.29, 1.82) is 0 Å². The largest absolute Gasteiger partial charge is 0.461 e. The van der Waals surface area contributed by atoms with Crippen LogP contribution in [0.25, 0.3) is 0 Å². The average molecular weight is 935 g/mol. The fourth-order valence-electron chi connectivity index (χ4n) is 6.95. The number of alkyl carbamates (subject to hydrolysis) is 1. The Hall–Kier alpha value is -5.35. The molecule has 7 atom stereocenters. The molecule has 0 spiro atoms. The van der Waals surface area contributed by atoms with Crippen LogP contribution in [0.1, 0.15) is 128 Å². The molecule has 4 amide bonds. The van der Waals surface area contributed by atoms with E-state index in [4.69, 9.17) is 19.2 Å². The molecule has 1 aromatic heterocycles. The van der Waals surface area contributed by atoms with Gasteiger partial charge in [0.25, 0.3) is 5.91 Å². The van der Waals surface area contributed by atoms with Gasteiger partial charge in [-0.15, -0.1) is 11.3 Å². The number of hydrogen-bond donors (Lipinski definition) is 3. The normalized spacial score (nSPS) is 15.0. The van der Waals surface area contributed by atoms with Crippen LogP contribution >= 0.6 is 11.3 Å². The minimum absolute atomic E-state index is 0.0712. The van der Waals surface area contributed by atoms with Crippen molar-refractivity contribution < 1.29 is 43.0 Å². The number of esters is 2. The van der Waals surface area contributed by atoms with Gasteiger partial charge in [-0.25, -0.2) is 14.6 Å². The lowest BCUT2D eigenvalue weighted by Crippen LogP contribution is -2.60. The standard InChI is InChI=1S/C50H74N6O9S/c1-15-32(4)41(54-47(61)50(10,11)55(12)13)44(58)56(14)39(31(2)3)28-40(64-46(60)34(6)51-48(62)65-49(7,8)9)43-53-38(30-66-43)42(57)52-37(27-35-22-18-16-19-23-35)26-33(5)45(59)63-29-36-24-20-17-21-25-36/h16-25,30-34,37,39-41H,15,26-29H2,1-14H3,(H,51,62)(H,52,57)(H,54,61)/t32-,33-,34-,37+,39+,40+,41-/m0/s1. The summed E-state index contributed by atoms with van der Waals surface area (Å²) in [5.41, 5.74) is 0.193. The number of nitrogens with one attached hydrogen (secondary N) is 3. The zero-order valence-corrected chi connectivity index (χ0v) is 42.2. The van der Waals surface area contributed by atoms with Gasteiger partial charge in [-0.05, 0) is 91.4 Å². The summed E-state index contributed by atoms with van der Waals surface area (Å²) < 4.78 is 17.1. The van der Waals surface area contributed by atoms with Gasteiger partial charge < -0.3 is 35.1 Å². The van der Waals surface area contributed by atoms with Crippen LogP contribution in [0.4, 0.5) is 4.79 Å². The number of benzene rings is 2. The molecule has 0 bridgehead atoms. The van der Waals surface area contributed by atoms with Crippen LogP contribution in [-0.4, -0.2) is 107 Å². The smallest absolute Gasteiger partial charge is 0.408 e. The van der Waals surface area contributed by atoms with E-state index in [1.54, 1.807) is 77.9 Å². The van der Waals surface area contributed by atoms with Gasteiger partial charge >= 0.3 is 18.0 Å². The first-order valence-electron chi connectivity index (χ1n) is 22.8. The van der Waals surface area contributed by atoms with Gasteiger partial charge in [0.05, 0.1) is 11.5 Å². The van der Waals surface area contributed by atoms with Crippen LogP contribution in [-0.2, 0) is 46.4 Å². The molecular formula is C50H74N6O9S. The van der Waals surface area contributed by atoms with Gasteiger partial charge in [0.1, 0.15) is 35.0 Å². The van der Waals surface area contributed by atoms with Gasteiger partial charge in [0.2, 0.25) is 11.8 Å². The summed E-state index contributed by atoms with van der Waals surface area (Å²) in [7, 11) is 5.27. The van der Waals surface area contributed by atoms with Crippen molar-refractivity contribution in [2.45, 2.75) is 150 Å². The zero-order valence-electron chi connectivity index (χ0n) is 41.4. The molecule has 15 nitrogen and oxygen atoms in total. The van der Waals surface area contributed by atoms with Crippen LogP contribution in [0.2, 0.25) is 0 Å². The average Bonchev–Trinajstić information content (AvgIpc) is 3.75. The third-order valence-electron chi connectivity index (χ3n) is 11.8. The summed E-state index contributed by atoms with van der Waals surface area (Å²) in [5, 5.41) is 10.5. The molecule has 16 heteroatoms. The molecule has 3 rings (SSSR count). The van der Waals surface area contributed by atoms with Crippen molar-refractivity contribution in [2.24, 2.45) is 17.8 Å². The predicted octanol–water partition coefficient (Wildman–Crippen LogP) is 7.50. The van der Waals surface area contributed by atoms with Crippen molar-refractivity contribution in [2.75, 3.05) is 21.1 Å². The van der Waals surface area contributed by atoms with Crippen LogP contribution in [0.5, 0.6) is 0 Å². The fourth-order valence-corrected chi connectivity index (χ4v) is 7.79. The van der Waals surface area contributed by atoms with E-state index in [-0.39, 0.29) is 54.8 Å². The topological polar surface area (TPSA) is 186 Å². The van der Waals surface area contributed by atoms with Gasteiger partial charge in [-0.3, -0.25) is 24.1 Å². The lowest BCUT2D eigenvalue weighted by molar-refractivity contribution is -0.154. The van der Waals surface area contributed by atoms with Crippen LogP contribution < -0.4 is 16.0 Å². The van der Waals surface area contributed by atoms with E-state index in [1.807, 2.05) is 88.4 Å². The second-order valence-electron chi connectivity index (χ2n) is 19.2. The number of likely N-dealkylation sites (N-methyl/N-ethyl adjacent to an activating group) is 2. The summed E-state index contributed by atoms with van der Waals surface area (Å²) in [5.74, 6) is -3.20. The maximum Gasteiger partial charge on any atom is 0.408 e. The van der Waals surface area contributed by atoms with Crippen LogP contribution in [0.15, 0.2) is 66.0 Å².